The maximum atomic E-state index is 11.1. The number of nitrogens with two attached hydrogens (primary N) is 1. The Hall–Kier alpha value is -1.45. The van der Waals surface area contributed by atoms with Crippen molar-refractivity contribution in [3.8, 4) is 0 Å². The molecule has 3 N–H and O–H groups in total. The Bertz CT molecular complexity index is 669. The van der Waals surface area contributed by atoms with Crippen LogP contribution in [-0.2, 0) is 4.79 Å². The SMILES string of the molecule is CC(=O)N[C@H]1CC[C@H](n2nc(I)c3c(N)ncnc32)C1. The summed E-state index contributed by atoms with van der Waals surface area (Å²) < 4.78 is 2.75. The van der Waals surface area contributed by atoms with Crippen LogP contribution in [0.5, 0.6) is 0 Å². The van der Waals surface area contributed by atoms with E-state index in [0.29, 0.717) is 5.82 Å². The third-order valence-electron chi connectivity index (χ3n) is 3.63. The number of amides is 1. The Kier molecular flexibility index (Phi) is 3.48. The lowest BCUT2D eigenvalue weighted by Crippen LogP contribution is -2.30. The summed E-state index contributed by atoms with van der Waals surface area (Å²) in [5.74, 6) is 0.476. The summed E-state index contributed by atoms with van der Waals surface area (Å²) in [6, 6.07) is 0.459. The maximum absolute atomic E-state index is 11.1. The van der Waals surface area contributed by atoms with Gasteiger partial charge in [0.15, 0.2) is 5.65 Å². The van der Waals surface area contributed by atoms with E-state index in [9.17, 15) is 4.79 Å². The number of hydrogen-bond acceptors (Lipinski definition) is 5. The summed E-state index contributed by atoms with van der Waals surface area (Å²) in [7, 11) is 0. The molecule has 106 valence electrons. The highest BCUT2D eigenvalue weighted by molar-refractivity contribution is 14.1. The molecule has 1 amide bonds. The first kappa shape index (κ1) is 13.5. The van der Waals surface area contributed by atoms with E-state index < -0.39 is 0 Å². The average Bonchev–Trinajstić information content (AvgIpc) is 2.94. The summed E-state index contributed by atoms with van der Waals surface area (Å²) in [4.78, 5) is 19.5. The van der Waals surface area contributed by atoms with Crippen molar-refractivity contribution in [2.75, 3.05) is 5.73 Å². The molecule has 3 rings (SSSR count). The van der Waals surface area contributed by atoms with Gasteiger partial charge < -0.3 is 11.1 Å². The minimum absolute atomic E-state index is 0.0159. The van der Waals surface area contributed by atoms with Crippen molar-refractivity contribution < 1.29 is 4.79 Å². The van der Waals surface area contributed by atoms with Crippen molar-refractivity contribution in [3.63, 3.8) is 0 Å². The predicted molar refractivity (Wildman–Crippen MR) is 82.9 cm³/mol. The molecular formula is C12H15IN6O. The van der Waals surface area contributed by atoms with Gasteiger partial charge in [-0.2, -0.15) is 5.10 Å². The van der Waals surface area contributed by atoms with Crippen LogP contribution in [0.4, 0.5) is 5.82 Å². The van der Waals surface area contributed by atoms with Crippen LogP contribution in [0.2, 0.25) is 0 Å². The highest BCUT2D eigenvalue weighted by atomic mass is 127. The van der Waals surface area contributed by atoms with E-state index in [-0.39, 0.29) is 18.0 Å². The van der Waals surface area contributed by atoms with Crippen molar-refractivity contribution in [2.24, 2.45) is 0 Å². The summed E-state index contributed by atoms with van der Waals surface area (Å²) in [5.41, 5.74) is 6.67. The molecule has 20 heavy (non-hydrogen) atoms. The lowest BCUT2D eigenvalue weighted by Gasteiger charge is -2.13. The molecule has 2 aromatic heterocycles. The van der Waals surface area contributed by atoms with Gasteiger partial charge in [-0.05, 0) is 41.9 Å². The van der Waals surface area contributed by atoms with Crippen LogP contribution < -0.4 is 11.1 Å². The highest BCUT2D eigenvalue weighted by Crippen LogP contribution is 2.33. The van der Waals surface area contributed by atoms with Gasteiger partial charge in [-0.3, -0.25) is 4.79 Å². The maximum Gasteiger partial charge on any atom is 0.217 e. The van der Waals surface area contributed by atoms with Gasteiger partial charge >= 0.3 is 0 Å². The zero-order chi connectivity index (χ0) is 14.3. The van der Waals surface area contributed by atoms with E-state index in [1.165, 1.54) is 6.33 Å². The van der Waals surface area contributed by atoms with Gasteiger partial charge in [0.05, 0.1) is 11.4 Å². The van der Waals surface area contributed by atoms with E-state index in [2.05, 4.69) is 43.0 Å². The average molecular weight is 386 g/mol. The molecule has 1 aliphatic carbocycles. The Morgan fingerprint density at radius 2 is 2.30 bits per heavy atom. The topological polar surface area (TPSA) is 98.7 Å². The van der Waals surface area contributed by atoms with Crippen molar-refractivity contribution >= 4 is 45.3 Å². The van der Waals surface area contributed by atoms with Gasteiger partial charge in [0.25, 0.3) is 0 Å². The molecule has 1 fully saturated rings. The molecular weight excluding hydrogens is 371 g/mol. The first-order valence-corrected chi connectivity index (χ1v) is 7.55. The monoisotopic (exact) mass is 386 g/mol. The van der Waals surface area contributed by atoms with E-state index in [1.54, 1.807) is 6.92 Å². The Morgan fingerprint density at radius 1 is 1.50 bits per heavy atom. The number of carbonyl (C=O) groups is 1. The summed E-state index contributed by atoms with van der Waals surface area (Å²) in [6.45, 7) is 1.55. The third-order valence-corrected chi connectivity index (χ3v) is 4.39. The number of carbonyl (C=O) groups excluding carboxylic acids is 1. The molecule has 1 saturated carbocycles. The first-order valence-electron chi connectivity index (χ1n) is 6.47. The second kappa shape index (κ2) is 5.15. The number of anilines is 1. The fourth-order valence-electron chi connectivity index (χ4n) is 2.81. The largest absolute Gasteiger partial charge is 0.383 e. The molecule has 0 spiro atoms. The predicted octanol–water partition coefficient (Wildman–Crippen LogP) is 1.24. The fraction of sp³-hybridized carbons (Fsp3) is 0.500. The van der Waals surface area contributed by atoms with Crippen LogP contribution in [0, 0.1) is 3.70 Å². The van der Waals surface area contributed by atoms with Crippen LogP contribution in [0.3, 0.4) is 0 Å². The van der Waals surface area contributed by atoms with Gasteiger partial charge in [-0.25, -0.2) is 14.6 Å². The molecule has 0 unspecified atom stereocenters. The summed E-state index contributed by atoms with van der Waals surface area (Å²) in [5, 5.41) is 8.34. The Morgan fingerprint density at radius 3 is 3.05 bits per heavy atom. The molecule has 0 bridgehead atoms. The fourth-order valence-corrected chi connectivity index (χ4v) is 3.56. The van der Waals surface area contributed by atoms with Crippen LogP contribution in [0.1, 0.15) is 32.2 Å². The zero-order valence-electron chi connectivity index (χ0n) is 11.0. The van der Waals surface area contributed by atoms with Crippen molar-refractivity contribution in [1.82, 2.24) is 25.1 Å². The molecule has 8 heteroatoms. The van der Waals surface area contributed by atoms with Crippen LogP contribution in [0.15, 0.2) is 6.33 Å². The number of halogens is 1. The van der Waals surface area contributed by atoms with E-state index in [1.807, 2.05) is 4.68 Å². The number of nitrogens with one attached hydrogen (secondary N) is 1. The van der Waals surface area contributed by atoms with E-state index in [4.69, 9.17) is 5.73 Å². The smallest absolute Gasteiger partial charge is 0.217 e. The van der Waals surface area contributed by atoms with Gasteiger partial charge in [0.2, 0.25) is 5.91 Å². The van der Waals surface area contributed by atoms with Crippen LogP contribution >= 0.6 is 22.6 Å². The first-order chi connectivity index (χ1) is 9.56. The summed E-state index contributed by atoms with van der Waals surface area (Å²) >= 11 is 2.15. The van der Waals surface area contributed by atoms with E-state index in [0.717, 1.165) is 34.0 Å². The van der Waals surface area contributed by atoms with Gasteiger partial charge in [-0.1, -0.05) is 0 Å². The van der Waals surface area contributed by atoms with Crippen molar-refractivity contribution in [1.29, 1.82) is 0 Å². The second-order valence-electron chi connectivity index (χ2n) is 5.06. The standard InChI is InChI=1S/C12H15IN6O/c1-6(20)17-7-2-3-8(4-7)19-12-9(10(13)18-19)11(14)15-5-16-12/h5,7-8H,2-4H2,1H3,(H,17,20)(H2,14,15,16)/t7-,8-/m0/s1. The molecule has 7 nitrogen and oxygen atoms in total. The van der Waals surface area contributed by atoms with Gasteiger partial charge in [0.1, 0.15) is 15.8 Å². The van der Waals surface area contributed by atoms with E-state index >= 15 is 0 Å². The Labute approximate surface area is 129 Å². The normalized spacial score (nSPS) is 22.3. The minimum atomic E-state index is 0.0159. The van der Waals surface area contributed by atoms with Crippen molar-refractivity contribution in [2.45, 2.75) is 38.3 Å². The molecule has 2 aromatic rings. The number of nitrogens with zero attached hydrogens (tertiary/aromatic N) is 4. The summed E-state index contributed by atoms with van der Waals surface area (Å²) in [6.07, 6.45) is 4.27. The Balaban J connectivity index is 1.92. The lowest BCUT2D eigenvalue weighted by atomic mass is 10.2. The number of rotatable bonds is 2. The molecule has 2 heterocycles. The number of aromatic nitrogens is 4. The van der Waals surface area contributed by atoms with Crippen LogP contribution in [-0.4, -0.2) is 31.7 Å². The molecule has 0 aliphatic heterocycles. The lowest BCUT2D eigenvalue weighted by molar-refractivity contribution is -0.119. The number of nitrogen functional groups attached to an aromatic ring is 1. The number of fused-ring (bicyclic) bond motifs is 1. The quantitative estimate of drug-likeness (QED) is 0.757. The second-order valence-corrected chi connectivity index (χ2v) is 6.08. The van der Waals surface area contributed by atoms with Gasteiger partial charge in [0, 0.05) is 13.0 Å². The molecule has 0 radical (unpaired) electrons. The highest BCUT2D eigenvalue weighted by Gasteiger charge is 2.29. The molecule has 2 atom stereocenters. The third kappa shape index (κ3) is 2.32. The molecule has 0 saturated heterocycles. The number of hydrogen-bond donors (Lipinski definition) is 2. The van der Waals surface area contributed by atoms with Crippen LogP contribution in [0.25, 0.3) is 11.0 Å². The molecule has 1 aliphatic rings. The minimum Gasteiger partial charge on any atom is -0.383 e. The van der Waals surface area contributed by atoms with Gasteiger partial charge in [-0.15, -0.1) is 0 Å². The van der Waals surface area contributed by atoms with Crippen molar-refractivity contribution in [3.05, 3.63) is 10.0 Å². The zero-order valence-corrected chi connectivity index (χ0v) is 13.2. The molecule has 0 aromatic carbocycles.